The molecule has 2 atom stereocenters. The van der Waals surface area contributed by atoms with Gasteiger partial charge >= 0.3 is 0 Å². The predicted molar refractivity (Wildman–Crippen MR) is 78.6 cm³/mol. The van der Waals surface area contributed by atoms with Crippen LogP contribution >= 0.6 is 15.9 Å². The number of rotatable bonds is 4. The predicted octanol–water partition coefficient (Wildman–Crippen LogP) is 3.91. The molecule has 0 saturated carbocycles. The number of hydrogen-bond acceptors (Lipinski definition) is 2. The van der Waals surface area contributed by atoms with Gasteiger partial charge in [0.1, 0.15) is 0 Å². The van der Waals surface area contributed by atoms with Crippen molar-refractivity contribution in [3.05, 3.63) is 64.4 Å². The third kappa shape index (κ3) is 2.79. The highest BCUT2D eigenvalue weighted by Crippen LogP contribution is 2.33. The number of likely N-dealkylation sites (N-methyl/N-ethyl adjacent to an activating group) is 1. The Labute approximate surface area is 117 Å². The summed E-state index contributed by atoms with van der Waals surface area (Å²) in [6.07, 6.45) is 3.69. The van der Waals surface area contributed by atoms with Gasteiger partial charge in [0.25, 0.3) is 0 Å². The SMILES string of the molecule is CNC(c1ccccc1Br)C(C)c1ccncc1. The van der Waals surface area contributed by atoms with Crippen molar-refractivity contribution in [3.8, 4) is 0 Å². The first-order valence-electron chi connectivity index (χ1n) is 6.05. The van der Waals surface area contributed by atoms with Crippen molar-refractivity contribution in [3.63, 3.8) is 0 Å². The van der Waals surface area contributed by atoms with E-state index in [0.29, 0.717) is 5.92 Å². The summed E-state index contributed by atoms with van der Waals surface area (Å²) in [6, 6.07) is 12.8. The summed E-state index contributed by atoms with van der Waals surface area (Å²) in [5, 5.41) is 3.41. The van der Waals surface area contributed by atoms with Crippen LogP contribution in [0.4, 0.5) is 0 Å². The molecule has 0 bridgehead atoms. The molecule has 0 saturated heterocycles. The first-order valence-corrected chi connectivity index (χ1v) is 6.85. The van der Waals surface area contributed by atoms with E-state index in [1.165, 1.54) is 11.1 Å². The molecule has 0 aliphatic carbocycles. The summed E-state index contributed by atoms with van der Waals surface area (Å²) < 4.78 is 1.14. The maximum absolute atomic E-state index is 4.07. The number of halogens is 1. The van der Waals surface area contributed by atoms with Gasteiger partial charge in [0.2, 0.25) is 0 Å². The molecule has 0 amide bonds. The monoisotopic (exact) mass is 304 g/mol. The van der Waals surface area contributed by atoms with Crippen LogP contribution in [0, 0.1) is 0 Å². The van der Waals surface area contributed by atoms with Crippen LogP contribution < -0.4 is 5.32 Å². The average Bonchev–Trinajstić information content (AvgIpc) is 2.42. The van der Waals surface area contributed by atoms with E-state index in [9.17, 15) is 0 Å². The summed E-state index contributed by atoms with van der Waals surface area (Å²) in [5.41, 5.74) is 2.57. The number of hydrogen-bond donors (Lipinski definition) is 1. The molecule has 1 aromatic heterocycles. The molecule has 2 unspecified atom stereocenters. The lowest BCUT2D eigenvalue weighted by atomic mass is 9.89. The molecule has 0 spiro atoms. The zero-order valence-electron chi connectivity index (χ0n) is 10.6. The fourth-order valence-electron chi connectivity index (χ4n) is 2.26. The summed E-state index contributed by atoms with van der Waals surface area (Å²) in [7, 11) is 2.00. The van der Waals surface area contributed by atoms with E-state index >= 15 is 0 Å². The van der Waals surface area contributed by atoms with Crippen LogP contribution in [-0.2, 0) is 0 Å². The van der Waals surface area contributed by atoms with E-state index in [0.717, 1.165) is 4.47 Å². The molecule has 2 nitrogen and oxygen atoms in total. The Bertz CT molecular complexity index is 499. The quantitative estimate of drug-likeness (QED) is 0.926. The number of nitrogens with one attached hydrogen (secondary N) is 1. The number of benzene rings is 1. The van der Waals surface area contributed by atoms with E-state index in [-0.39, 0.29) is 6.04 Å². The molecule has 2 aromatic rings. The first kappa shape index (κ1) is 13.2. The minimum Gasteiger partial charge on any atom is -0.312 e. The zero-order valence-corrected chi connectivity index (χ0v) is 12.2. The lowest BCUT2D eigenvalue weighted by Gasteiger charge is -2.25. The van der Waals surface area contributed by atoms with Crippen molar-refractivity contribution >= 4 is 15.9 Å². The molecule has 0 aliphatic heterocycles. The Morgan fingerprint density at radius 3 is 2.39 bits per heavy atom. The highest BCUT2D eigenvalue weighted by atomic mass is 79.9. The maximum atomic E-state index is 4.07. The molecular weight excluding hydrogens is 288 g/mol. The van der Waals surface area contributed by atoms with Gasteiger partial charge in [-0.1, -0.05) is 41.1 Å². The Morgan fingerprint density at radius 2 is 1.78 bits per heavy atom. The van der Waals surface area contributed by atoms with Crippen molar-refractivity contribution in [2.45, 2.75) is 18.9 Å². The normalized spacial score (nSPS) is 14.2. The lowest BCUT2D eigenvalue weighted by molar-refractivity contribution is 0.506. The average molecular weight is 305 g/mol. The molecule has 2 rings (SSSR count). The van der Waals surface area contributed by atoms with E-state index in [4.69, 9.17) is 0 Å². The molecule has 3 heteroatoms. The van der Waals surface area contributed by atoms with Gasteiger partial charge in [-0.2, -0.15) is 0 Å². The number of pyridine rings is 1. The van der Waals surface area contributed by atoms with Crippen molar-refractivity contribution in [1.29, 1.82) is 0 Å². The van der Waals surface area contributed by atoms with Crippen LogP contribution in [0.2, 0.25) is 0 Å². The molecule has 0 aliphatic rings. The molecule has 1 N–H and O–H groups in total. The topological polar surface area (TPSA) is 24.9 Å². The fourth-order valence-corrected chi connectivity index (χ4v) is 2.79. The third-order valence-corrected chi connectivity index (χ3v) is 4.01. The molecule has 0 fully saturated rings. The minimum atomic E-state index is 0.281. The van der Waals surface area contributed by atoms with Gasteiger partial charge in [0.05, 0.1) is 0 Å². The maximum Gasteiger partial charge on any atom is 0.0395 e. The largest absolute Gasteiger partial charge is 0.312 e. The molecular formula is C15H17BrN2. The summed E-state index contributed by atoms with van der Waals surface area (Å²) in [4.78, 5) is 4.07. The smallest absolute Gasteiger partial charge is 0.0395 e. The third-order valence-electron chi connectivity index (χ3n) is 3.28. The van der Waals surface area contributed by atoms with Crippen molar-refractivity contribution in [2.75, 3.05) is 7.05 Å². The van der Waals surface area contributed by atoms with E-state index in [1.54, 1.807) is 0 Å². The van der Waals surface area contributed by atoms with Crippen LogP contribution in [-0.4, -0.2) is 12.0 Å². The Kier molecular flexibility index (Phi) is 4.50. The van der Waals surface area contributed by atoms with Crippen LogP contribution in [0.25, 0.3) is 0 Å². The Balaban J connectivity index is 2.32. The van der Waals surface area contributed by atoms with Crippen molar-refractivity contribution in [1.82, 2.24) is 10.3 Å². The molecule has 1 heterocycles. The van der Waals surface area contributed by atoms with Gasteiger partial charge in [-0.15, -0.1) is 0 Å². The summed E-state index contributed by atoms with van der Waals surface area (Å²) in [5.74, 6) is 0.386. The highest BCUT2D eigenvalue weighted by Gasteiger charge is 2.20. The second-order valence-electron chi connectivity index (χ2n) is 4.36. The molecule has 18 heavy (non-hydrogen) atoms. The van der Waals surface area contributed by atoms with Crippen molar-refractivity contribution < 1.29 is 0 Å². The van der Waals surface area contributed by atoms with Gasteiger partial charge in [-0.3, -0.25) is 4.98 Å². The highest BCUT2D eigenvalue weighted by molar-refractivity contribution is 9.10. The summed E-state index contributed by atoms with van der Waals surface area (Å²) in [6.45, 7) is 2.23. The Hall–Kier alpha value is -1.19. The first-order chi connectivity index (χ1) is 8.74. The standard InChI is InChI=1S/C15H17BrN2/c1-11(12-7-9-18-10-8-12)15(17-2)13-5-3-4-6-14(13)16/h3-11,15,17H,1-2H3. The molecule has 94 valence electrons. The number of aromatic nitrogens is 1. The van der Waals surface area contributed by atoms with E-state index in [1.807, 2.05) is 25.5 Å². The van der Waals surface area contributed by atoms with E-state index < -0.39 is 0 Å². The van der Waals surface area contributed by atoms with Gasteiger partial charge in [0.15, 0.2) is 0 Å². The van der Waals surface area contributed by atoms with E-state index in [2.05, 4.69) is 63.5 Å². The molecule has 0 radical (unpaired) electrons. The zero-order chi connectivity index (χ0) is 13.0. The fraction of sp³-hybridized carbons (Fsp3) is 0.267. The second kappa shape index (κ2) is 6.12. The van der Waals surface area contributed by atoms with Crippen molar-refractivity contribution in [2.24, 2.45) is 0 Å². The van der Waals surface area contributed by atoms with Crippen LogP contribution in [0.15, 0.2) is 53.3 Å². The van der Waals surface area contributed by atoms with Gasteiger partial charge in [0, 0.05) is 28.8 Å². The minimum absolute atomic E-state index is 0.281. The van der Waals surface area contributed by atoms with Gasteiger partial charge < -0.3 is 5.32 Å². The summed E-state index contributed by atoms with van der Waals surface area (Å²) >= 11 is 3.63. The van der Waals surface area contributed by atoms with Gasteiger partial charge in [-0.05, 0) is 36.4 Å². The number of nitrogens with zero attached hydrogens (tertiary/aromatic N) is 1. The Morgan fingerprint density at radius 1 is 1.11 bits per heavy atom. The van der Waals surface area contributed by atoms with Gasteiger partial charge in [-0.25, -0.2) is 0 Å². The molecule has 1 aromatic carbocycles. The van der Waals surface area contributed by atoms with Crippen LogP contribution in [0.3, 0.4) is 0 Å². The lowest BCUT2D eigenvalue weighted by Crippen LogP contribution is -2.22. The van der Waals surface area contributed by atoms with Crippen LogP contribution in [0.5, 0.6) is 0 Å². The van der Waals surface area contributed by atoms with Crippen LogP contribution in [0.1, 0.15) is 30.0 Å². The second-order valence-corrected chi connectivity index (χ2v) is 5.21.